The first-order valence-corrected chi connectivity index (χ1v) is 7.14. The molecule has 0 saturated heterocycles. The van der Waals surface area contributed by atoms with Crippen molar-refractivity contribution in [2.45, 2.75) is 19.4 Å². The van der Waals surface area contributed by atoms with E-state index in [4.69, 9.17) is 4.74 Å². The number of ether oxygens (including phenoxy) is 1. The van der Waals surface area contributed by atoms with Gasteiger partial charge in [-0.15, -0.1) is 0 Å². The van der Waals surface area contributed by atoms with E-state index in [2.05, 4.69) is 11.6 Å². The lowest BCUT2D eigenvalue weighted by atomic mass is 10.1. The minimum atomic E-state index is -0.303. The lowest BCUT2D eigenvalue weighted by molar-refractivity contribution is 0.385. The van der Waals surface area contributed by atoms with Crippen LogP contribution in [0, 0.1) is 5.82 Å². The van der Waals surface area contributed by atoms with E-state index in [1.165, 1.54) is 13.2 Å². The number of hydrogen-bond donors (Lipinski definition) is 1. The van der Waals surface area contributed by atoms with Gasteiger partial charge in [-0.05, 0) is 49.6 Å². The Morgan fingerprint density at radius 2 is 2.24 bits per heavy atom. The van der Waals surface area contributed by atoms with Crippen molar-refractivity contribution in [3.8, 4) is 5.75 Å². The lowest BCUT2D eigenvalue weighted by Gasteiger charge is -2.14. The molecule has 1 atom stereocenters. The molecular weight excluding hydrogens is 237 g/mol. The average molecular weight is 257 g/mol. The van der Waals surface area contributed by atoms with E-state index in [9.17, 15) is 4.39 Å². The summed E-state index contributed by atoms with van der Waals surface area (Å²) in [5.41, 5.74) is 0.951. The monoisotopic (exact) mass is 257 g/mol. The van der Waals surface area contributed by atoms with Crippen LogP contribution in [0.4, 0.5) is 4.39 Å². The van der Waals surface area contributed by atoms with Crippen LogP contribution in [0.5, 0.6) is 5.75 Å². The Labute approximate surface area is 107 Å². The van der Waals surface area contributed by atoms with Crippen LogP contribution in [0.1, 0.15) is 24.9 Å². The summed E-state index contributed by atoms with van der Waals surface area (Å²) in [5, 5.41) is 3.38. The van der Waals surface area contributed by atoms with Crippen molar-refractivity contribution in [2.75, 3.05) is 25.7 Å². The molecule has 0 bridgehead atoms. The molecule has 0 spiro atoms. The van der Waals surface area contributed by atoms with Gasteiger partial charge in [0.25, 0.3) is 0 Å². The quantitative estimate of drug-likeness (QED) is 0.758. The van der Waals surface area contributed by atoms with Gasteiger partial charge in [-0.2, -0.15) is 11.8 Å². The zero-order valence-corrected chi connectivity index (χ0v) is 11.4. The summed E-state index contributed by atoms with van der Waals surface area (Å²) >= 11 is 1.84. The summed E-state index contributed by atoms with van der Waals surface area (Å²) in [6.45, 7) is 3.00. The first kappa shape index (κ1) is 14.3. The van der Waals surface area contributed by atoms with E-state index in [0.717, 1.165) is 24.3 Å². The van der Waals surface area contributed by atoms with Crippen molar-refractivity contribution < 1.29 is 9.13 Å². The van der Waals surface area contributed by atoms with Crippen LogP contribution in [0.3, 0.4) is 0 Å². The van der Waals surface area contributed by atoms with Gasteiger partial charge in [-0.25, -0.2) is 4.39 Å². The summed E-state index contributed by atoms with van der Waals surface area (Å²) in [4.78, 5) is 0. The van der Waals surface area contributed by atoms with Gasteiger partial charge in [0.05, 0.1) is 7.11 Å². The molecule has 4 heteroatoms. The topological polar surface area (TPSA) is 21.3 Å². The maximum atomic E-state index is 13.5. The molecule has 0 aliphatic carbocycles. The minimum Gasteiger partial charge on any atom is -0.494 e. The van der Waals surface area contributed by atoms with Gasteiger partial charge in [-0.1, -0.05) is 6.07 Å². The average Bonchev–Trinajstić information content (AvgIpc) is 2.34. The first-order chi connectivity index (χ1) is 8.19. The fraction of sp³-hybridized carbons (Fsp3) is 0.538. The van der Waals surface area contributed by atoms with Gasteiger partial charge in [0.2, 0.25) is 0 Å². The van der Waals surface area contributed by atoms with Gasteiger partial charge in [0.15, 0.2) is 11.6 Å². The summed E-state index contributed by atoms with van der Waals surface area (Å²) in [5.74, 6) is 1.14. The third-order valence-corrected chi connectivity index (χ3v) is 3.35. The third kappa shape index (κ3) is 4.56. The molecule has 1 unspecified atom stereocenters. The second-order valence-electron chi connectivity index (χ2n) is 3.92. The number of benzene rings is 1. The number of halogens is 1. The molecule has 2 nitrogen and oxygen atoms in total. The highest BCUT2D eigenvalue weighted by molar-refractivity contribution is 7.98. The Balaban J connectivity index is 2.51. The molecular formula is C13H20FNOS. The smallest absolute Gasteiger partial charge is 0.165 e. The van der Waals surface area contributed by atoms with Gasteiger partial charge in [0.1, 0.15) is 0 Å². The summed E-state index contributed by atoms with van der Waals surface area (Å²) in [6, 6.07) is 5.27. The van der Waals surface area contributed by atoms with Crippen LogP contribution in [0.15, 0.2) is 18.2 Å². The summed E-state index contributed by atoms with van der Waals surface area (Å²) in [7, 11) is 1.47. The zero-order valence-electron chi connectivity index (χ0n) is 10.6. The maximum absolute atomic E-state index is 13.5. The maximum Gasteiger partial charge on any atom is 0.165 e. The number of nitrogens with one attached hydrogen (secondary N) is 1. The molecule has 17 heavy (non-hydrogen) atoms. The Kier molecular flexibility index (Phi) is 6.37. The first-order valence-electron chi connectivity index (χ1n) is 5.74. The molecule has 0 radical (unpaired) electrons. The molecule has 0 heterocycles. The highest BCUT2D eigenvalue weighted by Crippen LogP contribution is 2.21. The lowest BCUT2D eigenvalue weighted by Crippen LogP contribution is -2.20. The van der Waals surface area contributed by atoms with Crippen LogP contribution in [0.2, 0.25) is 0 Å². The van der Waals surface area contributed by atoms with E-state index < -0.39 is 0 Å². The minimum absolute atomic E-state index is 0.164. The number of thioether (sulfide) groups is 1. The molecule has 0 aromatic heterocycles. The molecule has 0 fully saturated rings. The predicted octanol–water partition coefficient (Wildman–Crippen LogP) is 3.24. The Bertz CT molecular complexity index is 346. The van der Waals surface area contributed by atoms with E-state index >= 15 is 0 Å². The van der Waals surface area contributed by atoms with Crippen molar-refractivity contribution in [2.24, 2.45) is 0 Å². The summed E-state index contributed by atoms with van der Waals surface area (Å²) in [6.07, 6.45) is 3.23. The van der Waals surface area contributed by atoms with E-state index in [1.807, 2.05) is 24.8 Å². The standard InChI is InChI=1S/C13H20FNOS/c1-10(15-7-4-8-17-3)11-5-6-13(16-2)12(14)9-11/h5-6,9-10,15H,4,7-8H2,1-3H3. The fourth-order valence-electron chi connectivity index (χ4n) is 1.60. The SMILES string of the molecule is COc1ccc(C(C)NCCCSC)cc1F. The molecule has 96 valence electrons. The van der Waals surface area contributed by atoms with Crippen LogP contribution < -0.4 is 10.1 Å². The molecule has 1 N–H and O–H groups in total. The van der Waals surface area contributed by atoms with Gasteiger partial charge in [-0.3, -0.25) is 0 Å². The van der Waals surface area contributed by atoms with Gasteiger partial charge in [0, 0.05) is 6.04 Å². The second-order valence-corrected chi connectivity index (χ2v) is 4.90. The van der Waals surface area contributed by atoms with Crippen molar-refractivity contribution >= 4 is 11.8 Å². The van der Waals surface area contributed by atoms with Crippen molar-refractivity contribution in [3.63, 3.8) is 0 Å². The summed E-state index contributed by atoms with van der Waals surface area (Å²) < 4.78 is 18.4. The largest absolute Gasteiger partial charge is 0.494 e. The molecule has 0 saturated carbocycles. The molecule has 0 aliphatic heterocycles. The van der Waals surface area contributed by atoms with Crippen molar-refractivity contribution in [3.05, 3.63) is 29.6 Å². The Morgan fingerprint density at radius 1 is 1.47 bits per heavy atom. The number of rotatable bonds is 7. The molecule has 1 aromatic rings. The van der Waals surface area contributed by atoms with Crippen molar-refractivity contribution in [1.29, 1.82) is 0 Å². The van der Waals surface area contributed by atoms with Crippen LogP contribution in [0.25, 0.3) is 0 Å². The fourth-order valence-corrected chi connectivity index (χ4v) is 2.04. The van der Waals surface area contributed by atoms with Crippen LogP contribution in [-0.4, -0.2) is 25.7 Å². The normalized spacial score (nSPS) is 12.5. The zero-order chi connectivity index (χ0) is 12.7. The van der Waals surface area contributed by atoms with Gasteiger partial charge >= 0.3 is 0 Å². The highest BCUT2D eigenvalue weighted by atomic mass is 32.2. The predicted molar refractivity (Wildman–Crippen MR) is 72.4 cm³/mol. The van der Waals surface area contributed by atoms with E-state index in [1.54, 1.807) is 6.07 Å². The van der Waals surface area contributed by atoms with E-state index in [0.29, 0.717) is 5.75 Å². The third-order valence-electron chi connectivity index (χ3n) is 2.65. The highest BCUT2D eigenvalue weighted by Gasteiger charge is 2.08. The Hall–Kier alpha value is -0.740. The Morgan fingerprint density at radius 3 is 2.82 bits per heavy atom. The van der Waals surface area contributed by atoms with Crippen LogP contribution >= 0.6 is 11.8 Å². The molecule has 1 rings (SSSR count). The second kappa shape index (κ2) is 7.56. The number of hydrogen-bond acceptors (Lipinski definition) is 3. The molecule has 0 amide bonds. The molecule has 0 aliphatic rings. The van der Waals surface area contributed by atoms with Crippen LogP contribution in [-0.2, 0) is 0 Å². The van der Waals surface area contributed by atoms with Crippen molar-refractivity contribution in [1.82, 2.24) is 5.32 Å². The van der Waals surface area contributed by atoms with E-state index in [-0.39, 0.29) is 11.9 Å². The number of methoxy groups -OCH3 is 1. The molecule has 1 aromatic carbocycles. The van der Waals surface area contributed by atoms with Gasteiger partial charge < -0.3 is 10.1 Å².